The second-order valence-corrected chi connectivity index (χ2v) is 4.78. The van der Waals surface area contributed by atoms with Crippen molar-refractivity contribution in [3.05, 3.63) is 0 Å². The summed E-state index contributed by atoms with van der Waals surface area (Å²) in [6, 6.07) is 0. The van der Waals surface area contributed by atoms with Gasteiger partial charge < -0.3 is 20.1 Å². The Morgan fingerprint density at radius 1 is 1.50 bits per heavy atom. The van der Waals surface area contributed by atoms with Gasteiger partial charge in [0, 0.05) is 31.7 Å². The van der Waals surface area contributed by atoms with E-state index in [9.17, 15) is 0 Å². The Morgan fingerprint density at radius 3 is 2.81 bits per heavy atom. The van der Waals surface area contributed by atoms with Gasteiger partial charge in [0.25, 0.3) is 0 Å². The molecule has 0 radical (unpaired) electrons. The van der Waals surface area contributed by atoms with Crippen molar-refractivity contribution in [1.82, 2.24) is 10.2 Å². The van der Waals surface area contributed by atoms with E-state index >= 15 is 0 Å². The first-order valence-corrected chi connectivity index (χ1v) is 6.32. The number of hydrogen-bond acceptors (Lipinski definition) is 4. The molecule has 1 atom stereocenters. The second-order valence-electron chi connectivity index (χ2n) is 4.78. The third-order valence-corrected chi connectivity index (χ3v) is 3.38. The van der Waals surface area contributed by atoms with E-state index < -0.39 is 0 Å². The minimum atomic E-state index is 0.234. The fourth-order valence-corrected chi connectivity index (χ4v) is 2.57. The Morgan fingerprint density at radius 2 is 2.31 bits per heavy atom. The van der Waals surface area contributed by atoms with Crippen molar-refractivity contribution in [2.24, 2.45) is 5.41 Å². The lowest BCUT2D eigenvalue weighted by atomic mass is 9.81. The maximum absolute atomic E-state index is 9.02. The van der Waals surface area contributed by atoms with Gasteiger partial charge in [-0.05, 0) is 26.4 Å². The molecule has 1 unspecified atom stereocenters. The van der Waals surface area contributed by atoms with Crippen LogP contribution in [0.4, 0.5) is 0 Å². The second kappa shape index (κ2) is 7.22. The standard InChI is InChI=1S/C12H26N2O2/c1-3-14(6-7-15)10-12(9-13-2)5-4-8-16-11-12/h13,15H,3-11H2,1-2H3. The van der Waals surface area contributed by atoms with Crippen LogP contribution in [0.3, 0.4) is 0 Å². The monoisotopic (exact) mass is 230 g/mol. The zero-order chi connectivity index (χ0) is 11.9. The van der Waals surface area contributed by atoms with E-state index in [-0.39, 0.29) is 12.0 Å². The van der Waals surface area contributed by atoms with Gasteiger partial charge in [0.2, 0.25) is 0 Å². The lowest BCUT2D eigenvalue weighted by Crippen LogP contribution is -2.49. The van der Waals surface area contributed by atoms with E-state index in [1.54, 1.807) is 0 Å². The summed E-state index contributed by atoms with van der Waals surface area (Å²) in [5.74, 6) is 0. The topological polar surface area (TPSA) is 44.7 Å². The first-order chi connectivity index (χ1) is 7.76. The molecule has 1 heterocycles. The van der Waals surface area contributed by atoms with Crippen LogP contribution in [0, 0.1) is 5.41 Å². The number of ether oxygens (including phenoxy) is 1. The van der Waals surface area contributed by atoms with Crippen molar-refractivity contribution < 1.29 is 9.84 Å². The zero-order valence-electron chi connectivity index (χ0n) is 10.7. The molecule has 0 aromatic heterocycles. The van der Waals surface area contributed by atoms with Gasteiger partial charge in [-0.25, -0.2) is 0 Å². The molecule has 0 aromatic carbocycles. The molecular weight excluding hydrogens is 204 g/mol. The molecule has 1 aliphatic rings. The molecule has 1 aliphatic heterocycles. The summed E-state index contributed by atoms with van der Waals surface area (Å²) in [4.78, 5) is 2.31. The van der Waals surface area contributed by atoms with E-state index in [0.29, 0.717) is 0 Å². The number of aliphatic hydroxyl groups excluding tert-OH is 1. The molecule has 0 aromatic rings. The predicted octanol–water partition coefficient (Wildman–Crippen LogP) is 0.317. The summed E-state index contributed by atoms with van der Waals surface area (Å²) in [6.45, 7) is 7.90. The van der Waals surface area contributed by atoms with Gasteiger partial charge in [0.15, 0.2) is 0 Å². The zero-order valence-corrected chi connectivity index (χ0v) is 10.7. The normalized spacial score (nSPS) is 26.2. The average molecular weight is 230 g/mol. The first-order valence-electron chi connectivity index (χ1n) is 6.32. The van der Waals surface area contributed by atoms with E-state index in [0.717, 1.165) is 45.8 Å². The van der Waals surface area contributed by atoms with Gasteiger partial charge in [-0.15, -0.1) is 0 Å². The molecule has 0 saturated carbocycles. The highest BCUT2D eigenvalue weighted by molar-refractivity contribution is 4.86. The molecule has 4 heteroatoms. The Bertz CT molecular complexity index is 176. The van der Waals surface area contributed by atoms with Crippen LogP contribution < -0.4 is 5.32 Å². The molecule has 0 spiro atoms. The molecule has 1 saturated heterocycles. The summed E-state index contributed by atoms with van der Waals surface area (Å²) >= 11 is 0. The fourth-order valence-electron chi connectivity index (χ4n) is 2.57. The maximum Gasteiger partial charge on any atom is 0.0558 e. The van der Waals surface area contributed by atoms with Gasteiger partial charge in [-0.1, -0.05) is 6.92 Å². The van der Waals surface area contributed by atoms with Crippen molar-refractivity contribution in [3.63, 3.8) is 0 Å². The number of likely N-dealkylation sites (N-methyl/N-ethyl adjacent to an activating group) is 1. The Balaban J connectivity index is 2.53. The van der Waals surface area contributed by atoms with Crippen molar-refractivity contribution >= 4 is 0 Å². The van der Waals surface area contributed by atoms with E-state index in [1.165, 1.54) is 6.42 Å². The third-order valence-electron chi connectivity index (χ3n) is 3.38. The van der Waals surface area contributed by atoms with Crippen LogP contribution in [0.25, 0.3) is 0 Å². The van der Waals surface area contributed by atoms with Crippen molar-refractivity contribution in [2.75, 3.05) is 53.0 Å². The summed E-state index contributed by atoms with van der Waals surface area (Å²) in [6.07, 6.45) is 2.37. The number of aliphatic hydroxyl groups is 1. The van der Waals surface area contributed by atoms with Gasteiger partial charge in [-0.3, -0.25) is 0 Å². The highest BCUT2D eigenvalue weighted by Crippen LogP contribution is 2.29. The highest BCUT2D eigenvalue weighted by Gasteiger charge is 2.33. The van der Waals surface area contributed by atoms with Gasteiger partial charge in [0.05, 0.1) is 13.2 Å². The van der Waals surface area contributed by atoms with Gasteiger partial charge in [0.1, 0.15) is 0 Å². The van der Waals surface area contributed by atoms with E-state index in [4.69, 9.17) is 9.84 Å². The van der Waals surface area contributed by atoms with Crippen molar-refractivity contribution in [3.8, 4) is 0 Å². The number of rotatable bonds is 7. The largest absolute Gasteiger partial charge is 0.395 e. The lowest BCUT2D eigenvalue weighted by molar-refractivity contribution is -0.0263. The molecule has 16 heavy (non-hydrogen) atoms. The van der Waals surface area contributed by atoms with Crippen molar-refractivity contribution in [1.29, 1.82) is 0 Å². The molecule has 2 N–H and O–H groups in total. The van der Waals surface area contributed by atoms with E-state index in [2.05, 4.69) is 17.1 Å². The summed E-state index contributed by atoms with van der Waals surface area (Å²) in [7, 11) is 2.00. The van der Waals surface area contributed by atoms with E-state index in [1.807, 2.05) is 7.05 Å². The lowest BCUT2D eigenvalue weighted by Gasteiger charge is -2.40. The quantitative estimate of drug-likeness (QED) is 0.661. The average Bonchev–Trinajstić information content (AvgIpc) is 2.30. The molecule has 0 bridgehead atoms. The molecule has 0 aliphatic carbocycles. The summed E-state index contributed by atoms with van der Waals surface area (Å²) < 4.78 is 5.63. The van der Waals surface area contributed by atoms with Gasteiger partial charge in [-0.2, -0.15) is 0 Å². The van der Waals surface area contributed by atoms with Crippen LogP contribution in [0.5, 0.6) is 0 Å². The number of hydrogen-bond donors (Lipinski definition) is 2. The first kappa shape index (κ1) is 13.9. The van der Waals surface area contributed by atoms with Crippen LogP contribution >= 0.6 is 0 Å². The summed E-state index contributed by atoms with van der Waals surface area (Å²) in [5, 5.41) is 12.3. The highest BCUT2D eigenvalue weighted by atomic mass is 16.5. The molecular formula is C12H26N2O2. The Kier molecular flexibility index (Phi) is 6.28. The molecule has 4 nitrogen and oxygen atoms in total. The van der Waals surface area contributed by atoms with Crippen LogP contribution in [-0.2, 0) is 4.74 Å². The minimum Gasteiger partial charge on any atom is -0.395 e. The summed E-state index contributed by atoms with van der Waals surface area (Å²) in [5.41, 5.74) is 0.234. The third kappa shape index (κ3) is 4.01. The smallest absolute Gasteiger partial charge is 0.0558 e. The number of nitrogens with zero attached hydrogens (tertiary/aromatic N) is 1. The number of nitrogens with one attached hydrogen (secondary N) is 1. The van der Waals surface area contributed by atoms with Crippen LogP contribution in [-0.4, -0.2) is 63.1 Å². The molecule has 1 rings (SSSR count). The maximum atomic E-state index is 9.02. The van der Waals surface area contributed by atoms with Crippen molar-refractivity contribution in [2.45, 2.75) is 19.8 Å². The SMILES string of the molecule is CCN(CCO)CC1(CNC)CCCOC1. The van der Waals surface area contributed by atoms with Gasteiger partial charge >= 0.3 is 0 Å². The minimum absolute atomic E-state index is 0.234. The predicted molar refractivity (Wildman–Crippen MR) is 65.6 cm³/mol. The molecule has 96 valence electrons. The van der Waals surface area contributed by atoms with Crippen LogP contribution in [0.2, 0.25) is 0 Å². The molecule has 1 fully saturated rings. The Labute approximate surface area is 99.0 Å². The Hall–Kier alpha value is -0.160. The van der Waals surface area contributed by atoms with Crippen LogP contribution in [0.15, 0.2) is 0 Å². The fraction of sp³-hybridized carbons (Fsp3) is 1.00. The molecule has 0 amide bonds. The van der Waals surface area contributed by atoms with Crippen LogP contribution in [0.1, 0.15) is 19.8 Å².